The van der Waals surface area contributed by atoms with E-state index in [1.807, 2.05) is 30.3 Å². The number of benzene rings is 1. The standard InChI is InChI=1S/C13H17N5O/c1-2-10-3-5-11(6-4-10)18-13(15)17-9-12(19)16-8-7-14/h3-6H,2,8-9H2,1H3,(H,16,19)(H3,15,17,18). The summed E-state index contributed by atoms with van der Waals surface area (Å²) < 4.78 is 0. The SMILES string of the molecule is CCc1ccc(NC(N)=NCC(=O)NCC#N)cc1. The number of guanidine groups is 1. The van der Waals surface area contributed by atoms with Gasteiger partial charge in [0.2, 0.25) is 5.91 Å². The van der Waals surface area contributed by atoms with E-state index in [2.05, 4.69) is 22.5 Å². The number of aryl methyl sites for hydroxylation is 1. The van der Waals surface area contributed by atoms with Gasteiger partial charge < -0.3 is 16.4 Å². The first kappa shape index (κ1) is 14.5. The van der Waals surface area contributed by atoms with Crippen LogP contribution in [-0.4, -0.2) is 25.0 Å². The van der Waals surface area contributed by atoms with Crippen LogP contribution in [0.1, 0.15) is 12.5 Å². The summed E-state index contributed by atoms with van der Waals surface area (Å²) in [6.07, 6.45) is 0.975. The van der Waals surface area contributed by atoms with Crippen LogP contribution in [0.5, 0.6) is 0 Å². The first-order chi connectivity index (χ1) is 9.15. The molecule has 0 saturated carbocycles. The van der Waals surface area contributed by atoms with Crippen LogP contribution in [0.3, 0.4) is 0 Å². The third kappa shape index (κ3) is 5.55. The lowest BCUT2D eigenvalue weighted by Crippen LogP contribution is -2.29. The van der Waals surface area contributed by atoms with Gasteiger partial charge in [0, 0.05) is 5.69 Å². The average Bonchev–Trinajstić information content (AvgIpc) is 2.43. The molecule has 0 radical (unpaired) electrons. The Labute approximate surface area is 112 Å². The minimum absolute atomic E-state index is 0.0276. The molecular formula is C13H17N5O. The third-order valence-electron chi connectivity index (χ3n) is 2.39. The van der Waals surface area contributed by atoms with Crippen LogP contribution >= 0.6 is 0 Å². The molecule has 1 aromatic carbocycles. The van der Waals surface area contributed by atoms with Gasteiger partial charge in [-0.15, -0.1) is 0 Å². The van der Waals surface area contributed by atoms with Crippen molar-refractivity contribution in [2.45, 2.75) is 13.3 Å². The Hall–Kier alpha value is -2.55. The van der Waals surface area contributed by atoms with Crippen LogP contribution in [0.2, 0.25) is 0 Å². The molecule has 19 heavy (non-hydrogen) atoms. The number of carbonyl (C=O) groups is 1. The fourth-order valence-corrected chi connectivity index (χ4v) is 1.36. The van der Waals surface area contributed by atoms with Gasteiger partial charge in [0.15, 0.2) is 5.96 Å². The Kier molecular flexibility index (Phi) is 5.89. The molecular weight excluding hydrogens is 242 g/mol. The number of aliphatic imine (C=N–C) groups is 1. The van der Waals surface area contributed by atoms with Crippen LogP contribution in [0, 0.1) is 11.3 Å². The summed E-state index contributed by atoms with van der Waals surface area (Å²) >= 11 is 0. The number of hydrogen-bond donors (Lipinski definition) is 3. The van der Waals surface area contributed by atoms with Gasteiger partial charge in [-0.3, -0.25) is 4.79 Å². The van der Waals surface area contributed by atoms with E-state index in [9.17, 15) is 4.79 Å². The molecule has 1 amide bonds. The largest absolute Gasteiger partial charge is 0.370 e. The number of anilines is 1. The van der Waals surface area contributed by atoms with Gasteiger partial charge in [-0.25, -0.2) is 4.99 Å². The summed E-state index contributed by atoms with van der Waals surface area (Å²) in [6.45, 7) is 1.95. The van der Waals surface area contributed by atoms with Crippen molar-refractivity contribution in [1.29, 1.82) is 5.26 Å². The summed E-state index contributed by atoms with van der Waals surface area (Å²) in [5.74, 6) is -0.177. The Balaban J connectivity index is 2.47. The molecule has 4 N–H and O–H groups in total. The van der Waals surface area contributed by atoms with Crippen LogP contribution in [0.15, 0.2) is 29.3 Å². The van der Waals surface area contributed by atoms with E-state index in [0.717, 1.165) is 12.1 Å². The maximum atomic E-state index is 11.2. The summed E-state index contributed by atoms with van der Waals surface area (Å²) in [5.41, 5.74) is 7.70. The van der Waals surface area contributed by atoms with Crippen LogP contribution in [0.25, 0.3) is 0 Å². The Morgan fingerprint density at radius 3 is 2.68 bits per heavy atom. The molecule has 0 aliphatic carbocycles. The lowest BCUT2D eigenvalue weighted by Gasteiger charge is -2.06. The Bertz CT molecular complexity index is 487. The number of nitrogens with two attached hydrogens (primary N) is 1. The van der Waals surface area contributed by atoms with Gasteiger partial charge in [0.25, 0.3) is 0 Å². The molecule has 0 saturated heterocycles. The molecule has 0 bridgehead atoms. The van der Waals surface area contributed by atoms with Crippen molar-refractivity contribution in [3.8, 4) is 6.07 Å². The highest BCUT2D eigenvalue weighted by Gasteiger charge is 1.99. The van der Waals surface area contributed by atoms with E-state index in [4.69, 9.17) is 11.0 Å². The van der Waals surface area contributed by atoms with E-state index in [0.29, 0.717) is 0 Å². The monoisotopic (exact) mass is 259 g/mol. The normalized spacial score (nSPS) is 10.6. The van der Waals surface area contributed by atoms with Crippen molar-refractivity contribution in [2.24, 2.45) is 10.7 Å². The van der Waals surface area contributed by atoms with Crippen LogP contribution in [0.4, 0.5) is 5.69 Å². The van der Waals surface area contributed by atoms with Crippen molar-refractivity contribution in [3.63, 3.8) is 0 Å². The molecule has 100 valence electrons. The molecule has 6 nitrogen and oxygen atoms in total. The summed E-state index contributed by atoms with van der Waals surface area (Å²) in [5, 5.41) is 13.6. The Morgan fingerprint density at radius 1 is 1.42 bits per heavy atom. The highest BCUT2D eigenvalue weighted by molar-refractivity contribution is 5.93. The fourth-order valence-electron chi connectivity index (χ4n) is 1.36. The molecule has 0 unspecified atom stereocenters. The number of rotatable bonds is 5. The topological polar surface area (TPSA) is 103 Å². The molecule has 0 atom stereocenters. The zero-order chi connectivity index (χ0) is 14.1. The third-order valence-corrected chi connectivity index (χ3v) is 2.39. The molecule has 0 spiro atoms. The predicted octanol–water partition coefficient (Wildman–Crippen LogP) is 0.615. The highest BCUT2D eigenvalue weighted by Crippen LogP contribution is 2.09. The van der Waals surface area contributed by atoms with Crippen molar-refractivity contribution in [3.05, 3.63) is 29.8 Å². The molecule has 1 aromatic rings. The molecule has 0 heterocycles. The van der Waals surface area contributed by atoms with E-state index in [-0.39, 0.29) is 25.0 Å². The number of nitrogens with one attached hydrogen (secondary N) is 2. The second kappa shape index (κ2) is 7.71. The Morgan fingerprint density at radius 2 is 2.11 bits per heavy atom. The van der Waals surface area contributed by atoms with Crippen LogP contribution < -0.4 is 16.4 Å². The van der Waals surface area contributed by atoms with Gasteiger partial charge in [-0.05, 0) is 24.1 Å². The highest BCUT2D eigenvalue weighted by atomic mass is 16.1. The minimum atomic E-state index is -0.340. The number of hydrogen-bond acceptors (Lipinski definition) is 3. The quantitative estimate of drug-likeness (QED) is 0.409. The molecule has 1 rings (SSSR count). The van der Waals surface area contributed by atoms with Gasteiger partial charge in [0.05, 0.1) is 6.07 Å². The molecule has 0 aliphatic rings. The minimum Gasteiger partial charge on any atom is -0.370 e. The number of nitrogens with zero attached hydrogens (tertiary/aromatic N) is 2. The van der Waals surface area contributed by atoms with Crippen molar-refractivity contribution < 1.29 is 4.79 Å². The summed E-state index contributed by atoms with van der Waals surface area (Å²) in [4.78, 5) is 15.1. The van der Waals surface area contributed by atoms with Crippen molar-refractivity contribution >= 4 is 17.6 Å². The second-order valence-corrected chi connectivity index (χ2v) is 3.81. The first-order valence-corrected chi connectivity index (χ1v) is 5.95. The van der Waals surface area contributed by atoms with Gasteiger partial charge in [-0.1, -0.05) is 19.1 Å². The predicted molar refractivity (Wildman–Crippen MR) is 74.6 cm³/mol. The molecule has 0 aromatic heterocycles. The van der Waals surface area contributed by atoms with E-state index < -0.39 is 0 Å². The summed E-state index contributed by atoms with van der Waals surface area (Å²) in [7, 11) is 0. The zero-order valence-electron chi connectivity index (χ0n) is 10.8. The number of amides is 1. The number of carbonyl (C=O) groups excluding carboxylic acids is 1. The smallest absolute Gasteiger partial charge is 0.242 e. The lowest BCUT2D eigenvalue weighted by molar-refractivity contribution is -0.119. The number of nitriles is 1. The second-order valence-electron chi connectivity index (χ2n) is 3.81. The van der Waals surface area contributed by atoms with Crippen molar-refractivity contribution in [1.82, 2.24) is 5.32 Å². The lowest BCUT2D eigenvalue weighted by atomic mass is 10.1. The van der Waals surface area contributed by atoms with Crippen LogP contribution in [-0.2, 0) is 11.2 Å². The van der Waals surface area contributed by atoms with Gasteiger partial charge >= 0.3 is 0 Å². The van der Waals surface area contributed by atoms with Gasteiger partial charge in [0.1, 0.15) is 13.1 Å². The van der Waals surface area contributed by atoms with E-state index >= 15 is 0 Å². The average molecular weight is 259 g/mol. The van der Waals surface area contributed by atoms with E-state index in [1.54, 1.807) is 0 Å². The fraction of sp³-hybridized carbons (Fsp3) is 0.308. The first-order valence-electron chi connectivity index (χ1n) is 5.95. The van der Waals surface area contributed by atoms with Gasteiger partial charge in [-0.2, -0.15) is 5.26 Å². The maximum absolute atomic E-state index is 11.2. The maximum Gasteiger partial charge on any atom is 0.242 e. The molecule has 0 aliphatic heterocycles. The molecule has 0 fully saturated rings. The summed E-state index contributed by atoms with van der Waals surface area (Å²) in [6, 6.07) is 9.60. The molecule has 6 heteroatoms. The van der Waals surface area contributed by atoms with Crippen molar-refractivity contribution in [2.75, 3.05) is 18.4 Å². The zero-order valence-corrected chi connectivity index (χ0v) is 10.8. The van der Waals surface area contributed by atoms with E-state index in [1.165, 1.54) is 5.56 Å².